The number of carbonyl (C=O) groups excluding carboxylic acids is 1. The third-order valence-corrected chi connectivity index (χ3v) is 3.19. The van der Waals surface area contributed by atoms with Crippen LogP contribution < -0.4 is 0 Å². The lowest BCUT2D eigenvalue weighted by molar-refractivity contribution is -0.117. The second kappa shape index (κ2) is 6.06. The largest absolute Gasteiger partial charge is 0.299 e. The van der Waals surface area contributed by atoms with E-state index in [1.807, 2.05) is 24.3 Å². The van der Waals surface area contributed by atoms with Gasteiger partial charge in [0.15, 0.2) is 0 Å². The van der Waals surface area contributed by atoms with Crippen LogP contribution in [0.15, 0.2) is 46.9 Å². The van der Waals surface area contributed by atoms with Crippen molar-refractivity contribution in [2.75, 3.05) is 0 Å². The highest BCUT2D eigenvalue weighted by Crippen LogP contribution is 2.14. The second-order valence-electron chi connectivity index (χ2n) is 4.26. The van der Waals surface area contributed by atoms with Crippen LogP contribution >= 0.6 is 15.9 Å². The third-order valence-electron chi connectivity index (χ3n) is 2.69. The molecule has 98 valence electrons. The fourth-order valence-corrected chi connectivity index (χ4v) is 2.26. The Labute approximate surface area is 118 Å². The maximum atomic E-state index is 13.4. The van der Waals surface area contributed by atoms with Crippen molar-refractivity contribution < 1.29 is 13.6 Å². The van der Waals surface area contributed by atoms with Crippen LogP contribution in [0.5, 0.6) is 0 Å². The van der Waals surface area contributed by atoms with Gasteiger partial charge in [-0.3, -0.25) is 4.79 Å². The van der Waals surface area contributed by atoms with Gasteiger partial charge in [0.05, 0.1) is 0 Å². The molecule has 0 atom stereocenters. The normalized spacial score (nSPS) is 10.5. The van der Waals surface area contributed by atoms with Crippen molar-refractivity contribution in [3.05, 3.63) is 69.7 Å². The maximum Gasteiger partial charge on any atom is 0.141 e. The zero-order valence-electron chi connectivity index (χ0n) is 10.00. The first kappa shape index (κ1) is 13.9. The first-order chi connectivity index (χ1) is 9.04. The fourth-order valence-electron chi connectivity index (χ4n) is 1.81. The molecule has 0 spiro atoms. The average Bonchev–Trinajstić information content (AvgIpc) is 2.33. The van der Waals surface area contributed by atoms with Crippen molar-refractivity contribution in [3.63, 3.8) is 0 Å². The van der Waals surface area contributed by atoms with E-state index in [1.54, 1.807) is 0 Å². The zero-order chi connectivity index (χ0) is 13.8. The summed E-state index contributed by atoms with van der Waals surface area (Å²) in [6, 6.07) is 10.7. The molecule has 0 bridgehead atoms. The molecule has 0 radical (unpaired) electrons. The van der Waals surface area contributed by atoms with Gasteiger partial charge in [-0.1, -0.05) is 34.1 Å². The number of halogens is 3. The molecule has 0 aliphatic heterocycles. The molecule has 2 aromatic rings. The topological polar surface area (TPSA) is 17.1 Å². The maximum absolute atomic E-state index is 13.4. The highest BCUT2D eigenvalue weighted by atomic mass is 79.9. The number of carbonyl (C=O) groups is 1. The summed E-state index contributed by atoms with van der Waals surface area (Å²) >= 11 is 3.33. The number of benzene rings is 2. The van der Waals surface area contributed by atoms with E-state index in [4.69, 9.17) is 0 Å². The van der Waals surface area contributed by atoms with Gasteiger partial charge < -0.3 is 0 Å². The van der Waals surface area contributed by atoms with Crippen molar-refractivity contribution >= 4 is 21.7 Å². The second-order valence-corrected chi connectivity index (χ2v) is 5.17. The lowest BCUT2D eigenvalue weighted by Crippen LogP contribution is -2.08. The Morgan fingerprint density at radius 2 is 1.84 bits per heavy atom. The molecule has 0 saturated carbocycles. The Hall–Kier alpha value is -1.55. The minimum absolute atomic E-state index is 0.0291. The molecule has 0 amide bonds. The number of rotatable bonds is 4. The number of hydrogen-bond acceptors (Lipinski definition) is 1. The van der Waals surface area contributed by atoms with Gasteiger partial charge in [-0.2, -0.15) is 0 Å². The Kier molecular flexibility index (Phi) is 4.43. The van der Waals surface area contributed by atoms with Crippen LogP contribution in [-0.4, -0.2) is 5.78 Å². The van der Waals surface area contributed by atoms with Crippen molar-refractivity contribution in [1.29, 1.82) is 0 Å². The number of hydrogen-bond donors (Lipinski definition) is 0. The van der Waals surface area contributed by atoms with E-state index < -0.39 is 11.6 Å². The Balaban J connectivity index is 2.05. The predicted octanol–water partition coefficient (Wildman–Crippen LogP) is 4.08. The summed E-state index contributed by atoms with van der Waals surface area (Å²) in [5, 5.41) is 0. The molecule has 19 heavy (non-hydrogen) atoms. The van der Waals surface area contributed by atoms with E-state index in [0.29, 0.717) is 0 Å². The molecule has 0 heterocycles. The summed E-state index contributed by atoms with van der Waals surface area (Å²) in [7, 11) is 0. The van der Waals surface area contributed by atoms with Crippen LogP contribution in [-0.2, 0) is 17.6 Å². The fraction of sp³-hybridized carbons (Fsp3) is 0.133. The quantitative estimate of drug-likeness (QED) is 0.828. The van der Waals surface area contributed by atoms with Crippen LogP contribution in [0.3, 0.4) is 0 Å². The first-order valence-corrected chi connectivity index (χ1v) is 6.54. The summed E-state index contributed by atoms with van der Waals surface area (Å²) < 4.78 is 27.1. The first-order valence-electron chi connectivity index (χ1n) is 5.74. The van der Waals surface area contributed by atoms with Gasteiger partial charge in [-0.15, -0.1) is 0 Å². The van der Waals surface area contributed by atoms with Gasteiger partial charge in [0.1, 0.15) is 17.4 Å². The van der Waals surface area contributed by atoms with Gasteiger partial charge >= 0.3 is 0 Å². The van der Waals surface area contributed by atoms with E-state index in [-0.39, 0.29) is 24.2 Å². The molecule has 2 aromatic carbocycles. The van der Waals surface area contributed by atoms with Crippen molar-refractivity contribution in [2.24, 2.45) is 0 Å². The van der Waals surface area contributed by atoms with Crippen molar-refractivity contribution in [2.45, 2.75) is 12.8 Å². The number of ketones is 1. The standard InChI is InChI=1S/C15H11BrF2O/c16-12-3-1-2-10(6-12)7-14(19)8-11-4-5-13(17)9-15(11)18/h1-6,9H,7-8H2. The lowest BCUT2D eigenvalue weighted by Gasteiger charge is -2.04. The van der Waals surface area contributed by atoms with E-state index >= 15 is 0 Å². The monoisotopic (exact) mass is 324 g/mol. The van der Waals surface area contributed by atoms with Crippen molar-refractivity contribution in [3.8, 4) is 0 Å². The summed E-state index contributed by atoms with van der Waals surface area (Å²) in [5.74, 6) is -1.42. The molecule has 4 heteroatoms. The van der Waals surface area contributed by atoms with Crippen LogP contribution in [0.2, 0.25) is 0 Å². The molecule has 0 aromatic heterocycles. The van der Waals surface area contributed by atoms with Crippen LogP contribution in [0, 0.1) is 11.6 Å². The molecule has 0 N–H and O–H groups in total. The molecular formula is C15H11BrF2O. The van der Waals surface area contributed by atoms with E-state index in [1.165, 1.54) is 6.07 Å². The number of Topliss-reactive ketones (excluding diaryl/α,β-unsaturated/α-hetero) is 1. The molecule has 0 aliphatic rings. The summed E-state index contributed by atoms with van der Waals surface area (Å²) in [6.07, 6.45) is 0.203. The average molecular weight is 325 g/mol. The van der Waals surface area contributed by atoms with Gasteiger partial charge in [-0.25, -0.2) is 8.78 Å². The van der Waals surface area contributed by atoms with E-state index in [2.05, 4.69) is 15.9 Å². The summed E-state index contributed by atoms with van der Waals surface area (Å²) in [5.41, 5.74) is 1.09. The minimum atomic E-state index is -0.678. The Bertz CT molecular complexity index is 611. The van der Waals surface area contributed by atoms with E-state index in [9.17, 15) is 13.6 Å². The summed E-state index contributed by atoms with van der Waals surface area (Å²) in [6.45, 7) is 0. The van der Waals surface area contributed by atoms with Crippen LogP contribution in [0.25, 0.3) is 0 Å². The van der Waals surface area contributed by atoms with Gasteiger partial charge in [0, 0.05) is 23.4 Å². The lowest BCUT2D eigenvalue weighted by atomic mass is 10.0. The highest BCUT2D eigenvalue weighted by Gasteiger charge is 2.10. The molecule has 0 aliphatic carbocycles. The van der Waals surface area contributed by atoms with E-state index in [0.717, 1.165) is 22.2 Å². The molecule has 0 unspecified atom stereocenters. The van der Waals surface area contributed by atoms with Gasteiger partial charge in [0.2, 0.25) is 0 Å². The predicted molar refractivity (Wildman–Crippen MR) is 72.9 cm³/mol. The van der Waals surface area contributed by atoms with Gasteiger partial charge in [-0.05, 0) is 29.3 Å². The highest BCUT2D eigenvalue weighted by molar-refractivity contribution is 9.10. The smallest absolute Gasteiger partial charge is 0.141 e. The molecule has 1 nitrogen and oxygen atoms in total. The zero-order valence-corrected chi connectivity index (χ0v) is 11.6. The summed E-state index contributed by atoms with van der Waals surface area (Å²) in [4.78, 5) is 11.9. The molecule has 0 saturated heterocycles. The van der Waals surface area contributed by atoms with Crippen LogP contribution in [0.1, 0.15) is 11.1 Å². The minimum Gasteiger partial charge on any atom is -0.299 e. The Morgan fingerprint density at radius 3 is 2.53 bits per heavy atom. The van der Waals surface area contributed by atoms with Gasteiger partial charge in [0.25, 0.3) is 0 Å². The molecule has 0 fully saturated rings. The molecular weight excluding hydrogens is 314 g/mol. The third kappa shape index (κ3) is 3.96. The van der Waals surface area contributed by atoms with Crippen molar-refractivity contribution in [1.82, 2.24) is 0 Å². The molecule has 2 rings (SSSR count). The Morgan fingerprint density at radius 1 is 1.05 bits per heavy atom. The SMILES string of the molecule is O=C(Cc1cccc(Br)c1)Cc1ccc(F)cc1F. The van der Waals surface area contributed by atoms with Crippen LogP contribution in [0.4, 0.5) is 8.78 Å².